The molecule has 4 heteroatoms. The lowest BCUT2D eigenvalue weighted by Gasteiger charge is -2.11. The number of hydrogen-bond acceptors (Lipinski definition) is 3. The summed E-state index contributed by atoms with van der Waals surface area (Å²) in [7, 11) is 0. The van der Waals surface area contributed by atoms with Gasteiger partial charge in [-0.25, -0.2) is 0 Å². The van der Waals surface area contributed by atoms with Crippen molar-refractivity contribution in [1.29, 1.82) is 0 Å². The third-order valence-corrected chi connectivity index (χ3v) is 1.94. The highest BCUT2D eigenvalue weighted by molar-refractivity contribution is 5.80. The molecule has 0 radical (unpaired) electrons. The van der Waals surface area contributed by atoms with E-state index in [2.05, 4.69) is 5.32 Å². The van der Waals surface area contributed by atoms with Crippen LogP contribution in [0.5, 0.6) is 0 Å². The molecule has 0 aromatic rings. The van der Waals surface area contributed by atoms with E-state index in [4.69, 9.17) is 10.5 Å². The third-order valence-electron chi connectivity index (χ3n) is 1.94. The molecule has 12 heavy (non-hydrogen) atoms. The molecule has 1 aliphatic rings. The summed E-state index contributed by atoms with van der Waals surface area (Å²) < 4.78 is 5.33. The Labute approximate surface area is 72.5 Å². The SMILES string of the molecule is C[C@H](N)C(=O)NC[C@H]1CCCO1. The van der Waals surface area contributed by atoms with Crippen LogP contribution in [-0.4, -0.2) is 31.2 Å². The molecule has 0 aromatic heterocycles. The second-order valence-corrected chi connectivity index (χ2v) is 3.17. The molecule has 1 aliphatic heterocycles. The number of nitrogens with two attached hydrogens (primary N) is 1. The molecule has 1 saturated heterocycles. The summed E-state index contributed by atoms with van der Waals surface area (Å²) in [4.78, 5) is 11.0. The predicted molar refractivity (Wildman–Crippen MR) is 45.6 cm³/mol. The lowest BCUT2D eigenvalue weighted by molar-refractivity contribution is -0.122. The summed E-state index contributed by atoms with van der Waals surface area (Å²) in [6.07, 6.45) is 2.34. The maximum atomic E-state index is 11.0. The molecule has 70 valence electrons. The van der Waals surface area contributed by atoms with Crippen LogP contribution in [-0.2, 0) is 9.53 Å². The Morgan fingerprint density at radius 2 is 2.58 bits per heavy atom. The summed E-state index contributed by atoms with van der Waals surface area (Å²) in [6, 6.07) is -0.425. The topological polar surface area (TPSA) is 64.4 Å². The van der Waals surface area contributed by atoms with Gasteiger partial charge in [-0.15, -0.1) is 0 Å². The fraction of sp³-hybridized carbons (Fsp3) is 0.875. The molecule has 4 nitrogen and oxygen atoms in total. The summed E-state index contributed by atoms with van der Waals surface area (Å²) in [5.74, 6) is -0.106. The van der Waals surface area contributed by atoms with Crippen LogP contribution >= 0.6 is 0 Å². The van der Waals surface area contributed by atoms with Crippen LogP contribution in [0.2, 0.25) is 0 Å². The van der Waals surface area contributed by atoms with Gasteiger partial charge < -0.3 is 15.8 Å². The highest BCUT2D eigenvalue weighted by Gasteiger charge is 2.16. The van der Waals surface area contributed by atoms with Crippen molar-refractivity contribution in [2.24, 2.45) is 5.73 Å². The van der Waals surface area contributed by atoms with Crippen LogP contribution in [0, 0.1) is 0 Å². The molecular formula is C8H16N2O2. The molecule has 0 saturated carbocycles. The van der Waals surface area contributed by atoms with E-state index in [0.29, 0.717) is 6.54 Å². The number of carbonyl (C=O) groups is 1. The molecule has 0 aromatic carbocycles. The van der Waals surface area contributed by atoms with Gasteiger partial charge in [-0.2, -0.15) is 0 Å². The second kappa shape index (κ2) is 4.42. The van der Waals surface area contributed by atoms with E-state index in [1.807, 2.05) is 0 Å². The Hall–Kier alpha value is -0.610. The van der Waals surface area contributed by atoms with Crippen LogP contribution in [0.25, 0.3) is 0 Å². The summed E-state index contributed by atoms with van der Waals surface area (Å²) in [6.45, 7) is 3.09. The van der Waals surface area contributed by atoms with Crippen LogP contribution in [0.15, 0.2) is 0 Å². The van der Waals surface area contributed by atoms with Crippen LogP contribution in [0.1, 0.15) is 19.8 Å². The first-order chi connectivity index (χ1) is 5.70. The number of nitrogens with one attached hydrogen (secondary N) is 1. The molecule has 1 fully saturated rings. The number of carbonyl (C=O) groups excluding carboxylic acids is 1. The molecule has 1 amide bonds. The van der Waals surface area contributed by atoms with E-state index in [1.54, 1.807) is 6.92 Å². The number of amides is 1. The summed E-state index contributed by atoms with van der Waals surface area (Å²) in [5, 5.41) is 2.74. The largest absolute Gasteiger partial charge is 0.376 e. The zero-order valence-electron chi connectivity index (χ0n) is 7.38. The van der Waals surface area contributed by atoms with Gasteiger partial charge >= 0.3 is 0 Å². The number of hydrogen-bond donors (Lipinski definition) is 2. The maximum Gasteiger partial charge on any atom is 0.236 e. The average Bonchev–Trinajstić information content (AvgIpc) is 2.51. The van der Waals surface area contributed by atoms with Crippen LogP contribution in [0.4, 0.5) is 0 Å². The van der Waals surface area contributed by atoms with E-state index in [9.17, 15) is 4.79 Å². The van der Waals surface area contributed by atoms with Gasteiger partial charge in [0, 0.05) is 13.2 Å². The normalized spacial score (nSPS) is 25.3. The molecule has 0 aliphatic carbocycles. The van der Waals surface area contributed by atoms with Gasteiger partial charge in [0.1, 0.15) is 0 Å². The van der Waals surface area contributed by atoms with Gasteiger partial charge in [0.25, 0.3) is 0 Å². The monoisotopic (exact) mass is 172 g/mol. The molecule has 0 spiro atoms. The van der Waals surface area contributed by atoms with E-state index >= 15 is 0 Å². The molecule has 2 atom stereocenters. The molecule has 0 bridgehead atoms. The van der Waals surface area contributed by atoms with E-state index in [0.717, 1.165) is 19.4 Å². The highest BCUT2D eigenvalue weighted by Crippen LogP contribution is 2.10. The number of rotatable bonds is 3. The first-order valence-electron chi connectivity index (χ1n) is 4.35. The van der Waals surface area contributed by atoms with Gasteiger partial charge in [-0.3, -0.25) is 4.79 Å². The average molecular weight is 172 g/mol. The standard InChI is InChI=1S/C8H16N2O2/c1-6(9)8(11)10-5-7-3-2-4-12-7/h6-7H,2-5,9H2,1H3,(H,10,11)/t6-,7+/m0/s1. The Morgan fingerprint density at radius 3 is 3.08 bits per heavy atom. The van der Waals surface area contributed by atoms with Gasteiger partial charge in [-0.1, -0.05) is 0 Å². The van der Waals surface area contributed by atoms with Crippen molar-refractivity contribution in [3.05, 3.63) is 0 Å². The minimum absolute atomic E-state index is 0.106. The molecule has 1 heterocycles. The van der Waals surface area contributed by atoms with Crippen molar-refractivity contribution in [3.8, 4) is 0 Å². The lowest BCUT2D eigenvalue weighted by Crippen LogP contribution is -2.41. The van der Waals surface area contributed by atoms with Gasteiger partial charge in [0.2, 0.25) is 5.91 Å². The minimum Gasteiger partial charge on any atom is -0.376 e. The van der Waals surface area contributed by atoms with Crippen molar-refractivity contribution in [1.82, 2.24) is 5.32 Å². The molecule has 3 N–H and O–H groups in total. The van der Waals surface area contributed by atoms with Crippen LogP contribution in [0.3, 0.4) is 0 Å². The van der Waals surface area contributed by atoms with Gasteiger partial charge in [0.05, 0.1) is 12.1 Å². The van der Waals surface area contributed by atoms with Crippen molar-refractivity contribution in [2.45, 2.75) is 31.9 Å². The van der Waals surface area contributed by atoms with E-state index in [1.165, 1.54) is 0 Å². The first-order valence-corrected chi connectivity index (χ1v) is 4.35. The molecular weight excluding hydrogens is 156 g/mol. The predicted octanol–water partition coefficient (Wildman–Crippen LogP) is -0.371. The highest BCUT2D eigenvalue weighted by atomic mass is 16.5. The maximum absolute atomic E-state index is 11.0. The van der Waals surface area contributed by atoms with Crippen molar-refractivity contribution in [2.75, 3.05) is 13.2 Å². The zero-order valence-corrected chi connectivity index (χ0v) is 7.38. The fourth-order valence-corrected chi connectivity index (χ4v) is 1.18. The zero-order chi connectivity index (χ0) is 8.97. The lowest BCUT2D eigenvalue weighted by atomic mass is 10.2. The van der Waals surface area contributed by atoms with Crippen molar-refractivity contribution >= 4 is 5.91 Å². The van der Waals surface area contributed by atoms with Crippen LogP contribution < -0.4 is 11.1 Å². The smallest absolute Gasteiger partial charge is 0.236 e. The fourth-order valence-electron chi connectivity index (χ4n) is 1.18. The Bertz CT molecular complexity index is 153. The quantitative estimate of drug-likeness (QED) is 0.610. The number of ether oxygens (including phenoxy) is 1. The summed E-state index contributed by atoms with van der Waals surface area (Å²) in [5.41, 5.74) is 5.37. The first kappa shape index (κ1) is 9.48. The van der Waals surface area contributed by atoms with Gasteiger partial charge in [-0.05, 0) is 19.8 Å². The third kappa shape index (κ3) is 2.79. The Balaban J connectivity index is 2.12. The van der Waals surface area contributed by atoms with Gasteiger partial charge in [0.15, 0.2) is 0 Å². The molecule has 1 rings (SSSR count). The van der Waals surface area contributed by atoms with Crippen molar-refractivity contribution in [3.63, 3.8) is 0 Å². The summed E-state index contributed by atoms with van der Waals surface area (Å²) >= 11 is 0. The minimum atomic E-state index is -0.425. The Morgan fingerprint density at radius 1 is 1.83 bits per heavy atom. The van der Waals surface area contributed by atoms with E-state index in [-0.39, 0.29) is 12.0 Å². The Kier molecular flexibility index (Phi) is 3.49. The molecule has 0 unspecified atom stereocenters. The van der Waals surface area contributed by atoms with Crippen molar-refractivity contribution < 1.29 is 9.53 Å². The second-order valence-electron chi connectivity index (χ2n) is 3.17. The van der Waals surface area contributed by atoms with E-state index < -0.39 is 6.04 Å².